The highest BCUT2D eigenvalue weighted by Crippen LogP contribution is 2.43. The van der Waals surface area contributed by atoms with Crippen LogP contribution in [0, 0.1) is 11.2 Å². The number of nitrogens with zero attached hydrogens (tertiary/aromatic N) is 6. The fraction of sp³-hybridized carbons (Fsp3) is 0.438. The molecule has 1 amide bonds. The summed E-state index contributed by atoms with van der Waals surface area (Å²) in [6, 6.07) is 10.2. The lowest BCUT2D eigenvalue weighted by molar-refractivity contribution is 0.0713. The van der Waals surface area contributed by atoms with Crippen LogP contribution in [0.5, 0.6) is 11.5 Å². The van der Waals surface area contributed by atoms with Gasteiger partial charge in [-0.3, -0.25) is 14.3 Å². The molecule has 11 heteroatoms. The Morgan fingerprint density at radius 2 is 1.95 bits per heavy atom. The second-order valence-electron chi connectivity index (χ2n) is 12.1. The number of aromatic nitrogens is 4. The molecule has 1 N–H and O–H groups in total. The molecule has 226 valence electrons. The molecule has 2 saturated heterocycles. The first-order valence-electron chi connectivity index (χ1n) is 14.9. The predicted molar refractivity (Wildman–Crippen MR) is 163 cm³/mol. The van der Waals surface area contributed by atoms with E-state index in [1.54, 1.807) is 22.7 Å². The Morgan fingerprint density at radius 1 is 1.14 bits per heavy atom. The van der Waals surface area contributed by atoms with Crippen molar-refractivity contribution in [2.45, 2.75) is 46.2 Å². The molecule has 2 aliphatic rings. The number of nitrogens with one attached hydrogen (secondary N) is 1. The average Bonchev–Trinajstić information content (AvgIpc) is 3.67. The van der Waals surface area contributed by atoms with Gasteiger partial charge in [0.15, 0.2) is 11.6 Å². The average molecular weight is 588 g/mol. The normalized spacial score (nSPS) is 18.8. The van der Waals surface area contributed by atoms with E-state index in [1.165, 1.54) is 30.1 Å². The van der Waals surface area contributed by atoms with Crippen molar-refractivity contribution in [3.63, 3.8) is 0 Å². The summed E-state index contributed by atoms with van der Waals surface area (Å²) in [5, 5.41) is 0. The van der Waals surface area contributed by atoms with E-state index in [1.807, 2.05) is 26.8 Å². The first kappa shape index (κ1) is 28.9. The zero-order valence-electron chi connectivity index (χ0n) is 25.1. The molecule has 0 bridgehead atoms. The zero-order chi connectivity index (χ0) is 30.3. The lowest BCUT2D eigenvalue weighted by atomic mass is 9.86. The third kappa shape index (κ3) is 5.61. The van der Waals surface area contributed by atoms with E-state index in [0.717, 1.165) is 56.6 Å². The third-order valence-corrected chi connectivity index (χ3v) is 8.91. The number of carbonyl (C=O) groups excluding carboxylic acids is 1. The molecule has 2 fully saturated rings. The van der Waals surface area contributed by atoms with Crippen LogP contribution in [0.1, 0.15) is 49.5 Å². The Hall–Kier alpha value is -4.25. The number of anilines is 1. The fourth-order valence-corrected chi connectivity index (χ4v) is 6.65. The molecule has 43 heavy (non-hydrogen) atoms. The van der Waals surface area contributed by atoms with Gasteiger partial charge in [0.05, 0.1) is 22.8 Å². The van der Waals surface area contributed by atoms with E-state index in [4.69, 9.17) is 4.74 Å². The molecular formula is C32H38FN7O3. The maximum Gasteiger partial charge on any atom is 0.326 e. The molecule has 2 aliphatic heterocycles. The van der Waals surface area contributed by atoms with Crippen LogP contribution in [0.3, 0.4) is 0 Å². The Kier molecular flexibility index (Phi) is 7.68. The molecule has 0 radical (unpaired) electrons. The van der Waals surface area contributed by atoms with Crippen LogP contribution in [0.25, 0.3) is 11.0 Å². The van der Waals surface area contributed by atoms with Gasteiger partial charge >= 0.3 is 5.69 Å². The Bertz CT molecular complexity index is 1720. The molecule has 0 saturated carbocycles. The highest BCUT2D eigenvalue weighted by atomic mass is 19.1. The smallest absolute Gasteiger partial charge is 0.326 e. The topological polar surface area (TPSA) is 99.6 Å². The number of H-pyrrole nitrogens is 1. The fourth-order valence-electron chi connectivity index (χ4n) is 6.65. The van der Waals surface area contributed by atoms with Crippen molar-refractivity contribution in [1.29, 1.82) is 0 Å². The molecule has 0 aliphatic carbocycles. The van der Waals surface area contributed by atoms with Gasteiger partial charge < -0.3 is 19.5 Å². The number of carbonyl (C=O) groups is 1. The molecule has 2 aromatic carbocycles. The standard InChI is InChI=1S/C32H38FN7O3/c1-5-40(21(2)3)30(41)24-15-23(33)7-9-27(24)43-28-16-34-20-35-29(28)39-13-11-32(19-39)10-12-38(18-32)17-22-6-8-26-25(14-22)36-31(42)37(26)4/h6-9,14-16,20-21H,5,10-13,17-19H2,1-4H3,(H,36,42). The van der Waals surface area contributed by atoms with Crippen molar-refractivity contribution in [2.24, 2.45) is 12.5 Å². The molecule has 4 aromatic rings. The Morgan fingerprint density at radius 3 is 2.74 bits per heavy atom. The minimum absolute atomic E-state index is 0.0405. The van der Waals surface area contributed by atoms with Gasteiger partial charge in [0, 0.05) is 51.2 Å². The lowest BCUT2D eigenvalue weighted by Crippen LogP contribution is -2.36. The molecule has 1 unspecified atom stereocenters. The Balaban J connectivity index is 1.17. The lowest BCUT2D eigenvalue weighted by Gasteiger charge is -2.27. The predicted octanol–water partition coefficient (Wildman–Crippen LogP) is 4.56. The first-order chi connectivity index (χ1) is 20.7. The molecule has 10 nitrogen and oxygen atoms in total. The summed E-state index contributed by atoms with van der Waals surface area (Å²) in [7, 11) is 1.77. The first-order valence-corrected chi connectivity index (χ1v) is 14.9. The summed E-state index contributed by atoms with van der Waals surface area (Å²) in [5.41, 5.74) is 3.14. The molecule has 2 aromatic heterocycles. The van der Waals surface area contributed by atoms with Crippen molar-refractivity contribution in [3.8, 4) is 11.5 Å². The van der Waals surface area contributed by atoms with Gasteiger partial charge in [0.2, 0.25) is 0 Å². The number of aromatic amines is 1. The number of fused-ring (bicyclic) bond motifs is 1. The van der Waals surface area contributed by atoms with Gasteiger partial charge in [0.25, 0.3) is 5.91 Å². The molecule has 4 heterocycles. The van der Waals surface area contributed by atoms with Crippen LogP contribution in [-0.2, 0) is 13.6 Å². The van der Waals surface area contributed by atoms with Crippen molar-refractivity contribution in [3.05, 3.63) is 76.4 Å². The van der Waals surface area contributed by atoms with Crippen molar-refractivity contribution in [1.82, 2.24) is 29.3 Å². The van der Waals surface area contributed by atoms with E-state index in [-0.39, 0.29) is 34.4 Å². The summed E-state index contributed by atoms with van der Waals surface area (Å²) >= 11 is 0. The van der Waals surface area contributed by atoms with Gasteiger partial charge in [-0.1, -0.05) is 6.07 Å². The molecule has 1 spiro atoms. The van der Waals surface area contributed by atoms with Crippen LogP contribution in [0.15, 0.2) is 53.7 Å². The number of imidazole rings is 1. The second kappa shape index (κ2) is 11.4. The minimum atomic E-state index is -0.496. The highest BCUT2D eigenvalue weighted by molar-refractivity contribution is 5.97. The van der Waals surface area contributed by atoms with Gasteiger partial charge in [-0.2, -0.15) is 0 Å². The van der Waals surface area contributed by atoms with Gasteiger partial charge in [0.1, 0.15) is 17.9 Å². The van der Waals surface area contributed by atoms with E-state index in [9.17, 15) is 14.0 Å². The summed E-state index contributed by atoms with van der Waals surface area (Å²) in [6.07, 6.45) is 5.22. The zero-order valence-corrected chi connectivity index (χ0v) is 25.1. The van der Waals surface area contributed by atoms with Crippen molar-refractivity contribution >= 4 is 22.8 Å². The summed E-state index contributed by atoms with van der Waals surface area (Å²) in [6.45, 7) is 10.7. The van der Waals surface area contributed by atoms with E-state index >= 15 is 0 Å². The van der Waals surface area contributed by atoms with E-state index in [2.05, 4.69) is 36.9 Å². The summed E-state index contributed by atoms with van der Waals surface area (Å²) in [4.78, 5) is 43.5. The van der Waals surface area contributed by atoms with Crippen LogP contribution < -0.4 is 15.3 Å². The van der Waals surface area contributed by atoms with Crippen molar-refractivity contribution in [2.75, 3.05) is 37.6 Å². The quantitative estimate of drug-likeness (QED) is 0.323. The van der Waals surface area contributed by atoms with Crippen LogP contribution >= 0.6 is 0 Å². The maximum atomic E-state index is 14.3. The van der Waals surface area contributed by atoms with Crippen LogP contribution in [0.4, 0.5) is 10.2 Å². The van der Waals surface area contributed by atoms with Gasteiger partial charge in [-0.25, -0.2) is 19.2 Å². The highest BCUT2D eigenvalue weighted by Gasteiger charge is 2.44. The molecule has 6 rings (SSSR count). The van der Waals surface area contributed by atoms with E-state index in [0.29, 0.717) is 18.1 Å². The Labute approximate surface area is 250 Å². The number of amides is 1. The number of benzene rings is 2. The molecular weight excluding hydrogens is 549 g/mol. The van der Waals surface area contributed by atoms with E-state index < -0.39 is 5.82 Å². The summed E-state index contributed by atoms with van der Waals surface area (Å²) in [5.74, 6) is 0.605. The van der Waals surface area contributed by atoms with Gasteiger partial charge in [-0.05, 0) is 76.1 Å². The summed E-state index contributed by atoms with van der Waals surface area (Å²) < 4.78 is 22.2. The number of halogens is 1. The SMILES string of the molecule is CCN(C(=O)c1cc(F)ccc1Oc1cncnc1N1CCC2(CCN(Cc3ccc4c(c3)[nH]c(=O)n4C)C2)C1)C(C)C. The minimum Gasteiger partial charge on any atom is -0.451 e. The van der Waals surface area contributed by atoms with Crippen LogP contribution in [-0.4, -0.2) is 74.0 Å². The van der Waals surface area contributed by atoms with Crippen molar-refractivity contribution < 1.29 is 13.9 Å². The third-order valence-electron chi connectivity index (χ3n) is 8.91. The maximum absolute atomic E-state index is 14.3. The monoisotopic (exact) mass is 587 g/mol. The number of ether oxygens (including phenoxy) is 1. The van der Waals surface area contributed by atoms with Crippen LogP contribution in [0.2, 0.25) is 0 Å². The number of hydrogen-bond acceptors (Lipinski definition) is 7. The number of rotatable bonds is 8. The second-order valence-corrected chi connectivity index (χ2v) is 12.1. The number of likely N-dealkylation sites (tertiary alicyclic amines) is 1. The number of hydrogen-bond donors (Lipinski definition) is 1. The largest absolute Gasteiger partial charge is 0.451 e. The molecule has 1 atom stereocenters. The van der Waals surface area contributed by atoms with Gasteiger partial charge in [-0.15, -0.1) is 0 Å². The number of aryl methyl sites for hydroxylation is 1.